The molecule has 2 aliphatic rings. The van der Waals surface area contributed by atoms with E-state index in [0.717, 1.165) is 16.7 Å². The number of aliphatic hydroxyl groups is 1. The molecule has 186 valence electrons. The monoisotopic (exact) mass is 501 g/mol. The van der Waals surface area contributed by atoms with Gasteiger partial charge in [-0.05, 0) is 42.5 Å². The van der Waals surface area contributed by atoms with E-state index in [0.29, 0.717) is 17.6 Å². The molecule has 0 aromatic heterocycles. The number of benzene rings is 3. The molecule has 1 spiro atoms. The van der Waals surface area contributed by atoms with Crippen molar-refractivity contribution < 1.29 is 18.3 Å². The van der Waals surface area contributed by atoms with Crippen LogP contribution in [-0.2, 0) is 20.6 Å². The minimum Gasteiger partial charge on any atom is -0.390 e. The van der Waals surface area contributed by atoms with E-state index in [9.17, 15) is 18.3 Å². The van der Waals surface area contributed by atoms with E-state index in [-0.39, 0.29) is 24.6 Å². The molecule has 1 fully saturated rings. The largest absolute Gasteiger partial charge is 0.390 e. The molecule has 3 aromatic rings. The van der Waals surface area contributed by atoms with Crippen molar-refractivity contribution >= 4 is 27.0 Å². The van der Waals surface area contributed by atoms with Crippen LogP contribution in [0.4, 0.5) is 0 Å². The van der Waals surface area contributed by atoms with Crippen LogP contribution in [0.15, 0.2) is 91.0 Å². The Morgan fingerprint density at radius 1 is 0.889 bits per heavy atom. The number of hydrogen-bond acceptors (Lipinski definition) is 4. The number of carbonyl (C=O) groups excluding carboxylic acids is 1. The Morgan fingerprint density at radius 3 is 1.97 bits per heavy atom. The molecule has 0 amide bonds. The highest BCUT2D eigenvalue weighted by atomic mass is 32.2. The number of Topliss-reactive ketones (excluding diaryl/α,β-unsaturated/α-hetero) is 1. The van der Waals surface area contributed by atoms with Crippen LogP contribution in [0.5, 0.6) is 0 Å². The average molecular weight is 502 g/mol. The van der Waals surface area contributed by atoms with Gasteiger partial charge in [0.15, 0.2) is 5.78 Å². The highest BCUT2D eigenvalue weighted by Crippen LogP contribution is 2.57. The van der Waals surface area contributed by atoms with Gasteiger partial charge in [-0.25, -0.2) is 12.7 Å². The summed E-state index contributed by atoms with van der Waals surface area (Å²) in [5, 5.41) is 11.3. The third-order valence-corrected chi connectivity index (χ3v) is 9.37. The van der Waals surface area contributed by atoms with E-state index in [1.54, 1.807) is 26.0 Å². The molecule has 0 saturated carbocycles. The van der Waals surface area contributed by atoms with Crippen LogP contribution in [0, 0.1) is 11.3 Å². The van der Waals surface area contributed by atoms with Crippen LogP contribution < -0.4 is 0 Å². The fourth-order valence-corrected chi connectivity index (χ4v) is 7.53. The number of sulfonamides is 1. The van der Waals surface area contributed by atoms with Crippen LogP contribution in [0.1, 0.15) is 37.0 Å². The van der Waals surface area contributed by atoms with Gasteiger partial charge in [0.05, 0.1) is 16.8 Å². The molecule has 1 saturated heterocycles. The third kappa shape index (κ3) is 4.34. The van der Waals surface area contributed by atoms with Crippen LogP contribution >= 0.6 is 0 Å². The smallest absolute Gasteiger partial charge is 0.218 e. The lowest BCUT2D eigenvalue weighted by molar-refractivity contribution is -0.128. The van der Waals surface area contributed by atoms with Gasteiger partial charge in [0.2, 0.25) is 10.0 Å². The maximum atomic E-state index is 14.4. The zero-order valence-electron chi connectivity index (χ0n) is 20.6. The molecule has 1 N–H and O–H groups in total. The van der Waals surface area contributed by atoms with Gasteiger partial charge in [-0.3, -0.25) is 4.79 Å². The van der Waals surface area contributed by atoms with Gasteiger partial charge in [-0.2, -0.15) is 0 Å². The maximum absolute atomic E-state index is 14.4. The lowest BCUT2D eigenvalue weighted by atomic mass is 9.67. The summed E-state index contributed by atoms with van der Waals surface area (Å²) in [6.45, 7) is 3.53. The van der Waals surface area contributed by atoms with Crippen molar-refractivity contribution in [2.45, 2.75) is 31.6 Å². The number of nitrogens with zero attached hydrogens (tertiary/aromatic N) is 1. The highest BCUT2D eigenvalue weighted by Gasteiger charge is 2.62. The molecule has 6 heteroatoms. The average Bonchev–Trinajstić information content (AvgIpc) is 3.40. The van der Waals surface area contributed by atoms with Gasteiger partial charge in [0, 0.05) is 24.6 Å². The topological polar surface area (TPSA) is 74.7 Å². The Hall–Kier alpha value is -3.06. The SMILES string of the molecule is CC(C)(O)C1CN(S(=O)(=O)Cc2ccccc2)CC12CC(c1ccccc1)=C(c1ccccc1)C2=O. The molecule has 0 bridgehead atoms. The minimum absolute atomic E-state index is 0.0579. The Bertz CT molecular complexity index is 1390. The Labute approximate surface area is 213 Å². The summed E-state index contributed by atoms with van der Waals surface area (Å²) in [6, 6.07) is 28.4. The summed E-state index contributed by atoms with van der Waals surface area (Å²) < 4.78 is 28.5. The van der Waals surface area contributed by atoms with Crippen molar-refractivity contribution in [3.8, 4) is 0 Å². The third-order valence-electron chi connectivity index (χ3n) is 7.61. The minimum atomic E-state index is -3.71. The predicted molar refractivity (Wildman–Crippen MR) is 142 cm³/mol. The van der Waals surface area contributed by atoms with Gasteiger partial charge < -0.3 is 5.11 Å². The summed E-state index contributed by atoms with van der Waals surface area (Å²) in [4.78, 5) is 14.4. The normalized spacial score (nSPS) is 23.1. The van der Waals surface area contributed by atoms with Crippen LogP contribution in [0.25, 0.3) is 11.1 Å². The fourth-order valence-electron chi connectivity index (χ4n) is 5.93. The first kappa shape index (κ1) is 24.6. The van der Waals surface area contributed by atoms with Crippen molar-refractivity contribution in [1.29, 1.82) is 0 Å². The van der Waals surface area contributed by atoms with Crippen molar-refractivity contribution in [3.63, 3.8) is 0 Å². The zero-order valence-corrected chi connectivity index (χ0v) is 21.4. The maximum Gasteiger partial charge on any atom is 0.218 e. The molecule has 5 nitrogen and oxygen atoms in total. The molecule has 1 aliphatic carbocycles. The molecule has 0 radical (unpaired) electrons. The Balaban J connectivity index is 1.59. The number of carbonyl (C=O) groups is 1. The summed E-state index contributed by atoms with van der Waals surface area (Å²) in [7, 11) is -3.71. The molecule has 2 atom stereocenters. The van der Waals surface area contributed by atoms with Gasteiger partial charge in [-0.1, -0.05) is 91.0 Å². The first-order valence-electron chi connectivity index (χ1n) is 12.2. The van der Waals surface area contributed by atoms with Crippen LogP contribution in [0.2, 0.25) is 0 Å². The first-order valence-corrected chi connectivity index (χ1v) is 13.9. The number of hydrogen-bond donors (Lipinski definition) is 1. The summed E-state index contributed by atoms with van der Waals surface area (Å²) in [6.07, 6.45) is 0.381. The molecule has 36 heavy (non-hydrogen) atoms. The van der Waals surface area contributed by atoms with E-state index in [1.807, 2.05) is 78.9 Å². The van der Waals surface area contributed by atoms with E-state index < -0.39 is 27.0 Å². The molecule has 5 rings (SSSR count). The van der Waals surface area contributed by atoms with Crippen molar-refractivity contribution in [2.24, 2.45) is 11.3 Å². The first-order chi connectivity index (χ1) is 17.1. The Morgan fingerprint density at radius 2 is 1.42 bits per heavy atom. The quantitative estimate of drug-likeness (QED) is 0.527. The van der Waals surface area contributed by atoms with Crippen LogP contribution in [0.3, 0.4) is 0 Å². The number of allylic oxidation sites excluding steroid dienone is 2. The van der Waals surface area contributed by atoms with Gasteiger partial charge in [0.25, 0.3) is 0 Å². The van der Waals surface area contributed by atoms with Crippen molar-refractivity contribution in [2.75, 3.05) is 13.1 Å². The lowest BCUT2D eigenvalue weighted by Gasteiger charge is -2.37. The second-order valence-corrected chi connectivity index (χ2v) is 12.5. The van der Waals surface area contributed by atoms with Crippen molar-refractivity contribution in [1.82, 2.24) is 4.31 Å². The fraction of sp³-hybridized carbons (Fsp3) is 0.300. The van der Waals surface area contributed by atoms with E-state index >= 15 is 0 Å². The second kappa shape index (κ2) is 9.11. The van der Waals surface area contributed by atoms with Crippen molar-refractivity contribution in [3.05, 3.63) is 108 Å². The standard InChI is InChI=1S/C30H31NO4S/c1-29(2,33)26-19-31(36(34,35)20-22-12-6-3-7-13-22)21-30(26)18-25(23-14-8-4-9-15-23)27(28(30)32)24-16-10-5-11-17-24/h3-17,26,33H,18-21H2,1-2H3. The van der Waals surface area contributed by atoms with E-state index in [4.69, 9.17) is 0 Å². The van der Waals surface area contributed by atoms with Gasteiger partial charge in [-0.15, -0.1) is 0 Å². The highest BCUT2D eigenvalue weighted by molar-refractivity contribution is 7.88. The molecule has 3 aromatic carbocycles. The summed E-state index contributed by atoms with van der Waals surface area (Å²) in [5.74, 6) is -0.777. The van der Waals surface area contributed by atoms with Crippen LogP contribution in [-0.4, -0.2) is 42.3 Å². The lowest BCUT2D eigenvalue weighted by Crippen LogP contribution is -2.46. The number of ketones is 1. The Kier molecular flexibility index (Phi) is 6.23. The van der Waals surface area contributed by atoms with E-state index in [2.05, 4.69) is 0 Å². The molecule has 1 heterocycles. The summed E-state index contributed by atoms with van der Waals surface area (Å²) >= 11 is 0. The second-order valence-electron chi connectivity index (χ2n) is 10.5. The zero-order chi connectivity index (χ0) is 25.6. The van der Waals surface area contributed by atoms with E-state index in [1.165, 1.54) is 4.31 Å². The van der Waals surface area contributed by atoms with Gasteiger partial charge >= 0.3 is 0 Å². The van der Waals surface area contributed by atoms with Gasteiger partial charge in [0.1, 0.15) is 0 Å². The predicted octanol–water partition coefficient (Wildman–Crippen LogP) is 4.79. The molecular formula is C30H31NO4S. The summed E-state index contributed by atoms with van der Waals surface area (Å²) in [5.41, 5.74) is 1.70. The molecule has 2 unspecified atom stereocenters. The molecular weight excluding hydrogens is 470 g/mol. The molecule has 1 aliphatic heterocycles. The number of rotatable bonds is 6.